The Morgan fingerprint density at radius 1 is 1.86 bits per heavy atom. The lowest BCUT2D eigenvalue weighted by Crippen LogP contribution is -2.44. The third kappa shape index (κ3) is 0.466. The lowest BCUT2D eigenvalue weighted by Gasteiger charge is -1.73. The number of rotatable bonds is 0. The molecule has 0 fully saturated rings. The number of nitrogen functional groups attached to an aromatic ring is 2. The van der Waals surface area contributed by atoms with E-state index in [2.05, 4.69) is 9.79 Å². The van der Waals surface area contributed by atoms with E-state index < -0.39 is 0 Å². The average Bonchev–Trinajstić information content (AvgIpc) is 1.91. The van der Waals surface area contributed by atoms with Crippen LogP contribution in [0.15, 0.2) is 10.8 Å². The molecule has 0 unspecified atom stereocenters. The summed E-state index contributed by atoms with van der Waals surface area (Å²) in [6, 6.07) is 0. The Bertz CT molecular complexity index is 142. The maximum atomic E-state index is 5.12. The number of anilines is 1. The summed E-state index contributed by atoms with van der Waals surface area (Å²) in [4.78, 5) is 0.875. The van der Waals surface area contributed by atoms with Crippen molar-refractivity contribution in [1.82, 2.24) is 5.16 Å². The molecule has 0 aromatic carbocycles. The number of nitrogens with two attached hydrogens (primary N) is 2. The fourth-order valence-corrected chi connectivity index (χ4v) is 0.232. The molecule has 7 heavy (non-hydrogen) atoms. The molecule has 1 aromatic heterocycles. The van der Waals surface area contributed by atoms with Gasteiger partial charge in [0.25, 0.3) is 0 Å². The maximum Gasteiger partial charge on any atom is 0.319 e. The van der Waals surface area contributed by atoms with Crippen molar-refractivity contribution >= 4 is 5.82 Å². The molecule has 0 aliphatic rings. The third-order valence-electron chi connectivity index (χ3n) is 0.575. The number of hydrogen-bond donors (Lipinski definition) is 2. The van der Waals surface area contributed by atoms with Crippen molar-refractivity contribution in [3.8, 4) is 0 Å². The lowest BCUT2D eigenvalue weighted by atomic mass is 10.8. The first-order valence-corrected chi connectivity index (χ1v) is 1.68. The first kappa shape index (κ1) is 3.91. The predicted molar refractivity (Wildman–Crippen MR) is 21.3 cm³/mol. The minimum atomic E-state index is 0.306. The first-order chi connectivity index (χ1) is 3.30. The Kier molecular flexibility index (Phi) is 0.619. The molecular weight excluding hydrogens is 96.0 g/mol. The minimum absolute atomic E-state index is 0.306. The Labute approximate surface area is 39.4 Å². The molecule has 0 aliphatic carbocycles. The molecular formula is C2H5N4O+. The van der Waals surface area contributed by atoms with Crippen LogP contribution in [-0.2, 0) is 0 Å². The summed E-state index contributed by atoms with van der Waals surface area (Å²) in [5.41, 5.74) is 5.12. The van der Waals surface area contributed by atoms with E-state index >= 15 is 0 Å². The lowest BCUT2D eigenvalue weighted by molar-refractivity contribution is -0.817. The van der Waals surface area contributed by atoms with Crippen molar-refractivity contribution in [2.75, 3.05) is 11.6 Å². The van der Waals surface area contributed by atoms with E-state index in [-0.39, 0.29) is 0 Å². The van der Waals surface area contributed by atoms with E-state index in [9.17, 15) is 0 Å². The van der Waals surface area contributed by atoms with Crippen LogP contribution < -0.4 is 16.4 Å². The summed E-state index contributed by atoms with van der Waals surface area (Å²) in [7, 11) is 0. The molecule has 38 valence electrons. The first-order valence-electron chi connectivity index (χ1n) is 1.68. The molecule has 5 heteroatoms. The van der Waals surface area contributed by atoms with Gasteiger partial charge >= 0.3 is 5.82 Å². The van der Waals surface area contributed by atoms with Crippen LogP contribution in [0.3, 0.4) is 0 Å². The van der Waals surface area contributed by atoms with Gasteiger partial charge in [-0.05, 0) is 0 Å². The summed E-state index contributed by atoms with van der Waals surface area (Å²) in [6.45, 7) is 0. The topological polar surface area (TPSA) is 82.0 Å². The minimum Gasteiger partial charge on any atom is -0.311 e. The summed E-state index contributed by atoms with van der Waals surface area (Å²) >= 11 is 0. The quantitative estimate of drug-likeness (QED) is 0.300. The van der Waals surface area contributed by atoms with Crippen LogP contribution in [0.2, 0.25) is 0 Å². The molecule has 1 rings (SSSR count). The van der Waals surface area contributed by atoms with Crippen molar-refractivity contribution in [3.63, 3.8) is 0 Å². The van der Waals surface area contributed by atoms with Gasteiger partial charge in [-0.15, -0.1) is 4.63 Å². The number of aromatic nitrogens is 2. The molecule has 4 N–H and O–H groups in total. The summed E-state index contributed by atoms with van der Waals surface area (Å²) in [5.74, 6) is 5.31. The zero-order chi connectivity index (χ0) is 5.28. The second kappa shape index (κ2) is 1.11. The Balaban J connectivity index is 3.12. The van der Waals surface area contributed by atoms with E-state index in [0.29, 0.717) is 5.82 Å². The van der Waals surface area contributed by atoms with Crippen molar-refractivity contribution in [1.29, 1.82) is 0 Å². The van der Waals surface area contributed by atoms with Gasteiger partial charge in [0.1, 0.15) is 0 Å². The predicted octanol–water partition coefficient (Wildman–Crippen LogP) is -1.74. The van der Waals surface area contributed by atoms with Crippen LogP contribution in [0.1, 0.15) is 0 Å². The van der Waals surface area contributed by atoms with Crippen LogP contribution in [-0.4, -0.2) is 5.16 Å². The molecule has 1 aromatic rings. The van der Waals surface area contributed by atoms with E-state index in [0.717, 1.165) is 4.85 Å². The van der Waals surface area contributed by atoms with Crippen LogP contribution in [0.25, 0.3) is 0 Å². The van der Waals surface area contributed by atoms with Crippen LogP contribution >= 0.6 is 0 Å². The van der Waals surface area contributed by atoms with Gasteiger partial charge in [-0.2, -0.15) is 0 Å². The smallest absolute Gasteiger partial charge is 0.311 e. The molecule has 0 radical (unpaired) electrons. The highest BCUT2D eigenvalue weighted by Gasteiger charge is 2.00. The van der Waals surface area contributed by atoms with Gasteiger partial charge in [0.2, 0.25) is 6.20 Å². The van der Waals surface area contributed by atoms with Crippen LogP contribution in [0.5, 0.6) is 0 Å². The fraction of sp³-hybridized carbons (Fsp3) is 0. The fourth-order valence-electron chi connectivity index (χ4n) is 0.232. The maximum absolute atomic E-state index is 5.12. The van der Waals surface area contributed by atoms with Crippen LogP contribution in [0.4, 0.5) is 5.82 Å². The summed E-state index contributed by atoms with van der Waals surface area (Å²) < 4.78 is 4.28. The van der Waals surface area contributed by atoms with E-state index in [1.165, 1.54) is 6.20 Å². The standard InChI is InChI=1S/C2H4N4O/c3-2-1-5-7-6(2)4/h1,3H,4H2/p+1. The Morgan fingerprint density at radius 2 is 2.57 bits per heavy atom. The zero-order valence-corrected chi connectivity index (χ0v) is 3.53. The number of nitrogens with zero attached hydrogens (tertiary/aromatic N) is 2. The third-order valence-corrected chi connectivity index (χ3v) is 0.575. The van der Waals surface area contributed by atoms with Crippen molar-refractivity contribution in [3.05, 3.63) is 6.20 Å². The molecule has 0 aliphatic heterocycles. The van der Waals surface area contributed by atoms with E-state index in [4.69, 9.17) is 11.6 Å². The number of hydrogen-bond acceptors (Lipinski definition) is 4. The largest absolute Gasteiger partial charge is 0.319 e. The monoisotopic (exact) mass is 101 g/mol. The van der Waals surface area contributed by atoms with Crippen molar-refractivity contribution in [2.24, 2.45) is 0 Å². The molecule has 1 heterocycles. The second-order valence-electron chi connectivity index (χ2n) is 1.07. The Morgan fingerprint density at radius 3 is 2.71 bits per heavy atom. The highest BCUT2D eigenvalue weighted by atomic mass is 16.6. The average molecular weight is 101 g/mol. The van der Waals surface area contributed by atoms with Gasteiger partial charge in [-0.25, -0.2) is 0 Å². The van der Waals surface area contributed by atoms with Gasteiger partial charge in [-0.3, -0.25) is 5.84 Å². The van der Waals surface area contributed by atoms with Crippen molar-refractivity contribution in [2.45, 2.75) is 0 Å². The molecule has 0 saturated heterocycles. The second-order valence-corrected chi connectivity index (χ2v) is 1.07. The van der Waals surface area contributed by atoms with Gasteiger partial charge in [0, 0.05) is 4.85 Å². The van der Waals surface area contributed by atoms with Gasteiger partial charge in [-0.1, -0.05) is 0 Å². The Hall–Kier alpha value is -1.26. The van der Waals surface area contributed by atoms with Gasteiger partial charge in [0.15, 0.2) is 0 Å². The molecule has 0 atom stereocenters. The van der Waals surface area contributed by atoms with Crippen LogP contribution in [0, 0.1) is 0 Å². The molecule has 0 bridgehead atoms. The summed E-state index contributed by atoms with van der Waals surface area (Å²) in [6.07, 6.45) is 1.32. The van der Waals surface area contributed by atoms with E-state index in [1.54, 1.807) is 0 Å². The SMILES string of the molecule is Nc1cno[n+]1N. The molecule has 0 amide bonds. The highest BCUT2D eigenvalue weighted by molar-refractivity contribution is 5.11. The van der Waals surface area contributed by atoms with Gasteiger partial charge < -0.3 is 5.73 Å². The normalized spacial score (nSPS) is 9.14. The van der Waals surface area contributed by atoms with E-state index in [1.807, 2.05) is 0 Å². The summed E-state index contributed by atoms with van der Waals surface area (Å²) in [5, 5.41) is 3.26. The van der Waals surface area contributed by atoms with Gasteiger partial charge in [0.05, 0.1) is 5.16 Å². The van der Waals surface area contributed by atoms with Crippen molar-refractivity contribution < 1.29 is 9.48 Å². The molecule has 5 nitrogen and oxygen atoms in total. The molecule has 0 saturated carbocycles. The molecule has 0 spiro atoms. The highest BCUT2D eigenvalue weighted by Crippen LogP contribution is 1.80. The zero-order valence-electron chi connectivity index (χ0n) is 3.53.